The predicted octanol–water partition coefficient (Wildman–Crippen LogP) is 2.53. The molecular formula is C13H15FN4. The molecule has 0 saturated heterocycles. The Morgan fingerprint density at radius 2 is 2.11 bits per heavy atom. The average molecular weight is 246 g/mol. The van der Waals surface area contributed by atoms with Gasteiger partial charge in [0.1, 0.15) is 0 Å². The fourth-order valence-corrected chi connectivity index (χ4v) is 2.54. The van der Waals surface area contributed by atoms with Crippen LogP contribution >= 0.6 is 0 Å². The highest BCUT2D eigenvalue weighted by Gasteiger charge is 2.17. The average Bonchev–Trinajstić information content (AvgIpc) is 3.01. The van der Waals surface area contributed by atoms with Crippen molar-refractivity contribution in [1.82, 2.24) is 20.0 Å². The summed E-state index contributed by atoms with van der Waals surface area (Å²) < 4.78 is 14.5. The van der Waals surface area contributed by atoms with E-state index in [1.807, 2.05) is 6.20 Å². The highest BCUT2D eigenvalue weighted by atomic mass is 19.1. The van der Waals surface area contributed by atoms with Gasteiger partial charge in [-0.15, -0.1) is 5.10 Å². The lowest BCUT2D eigenvalue weighted by Crippen LogP contribution is -2.00. The van der Waals surface area contributed by atoms with Gasteiger partial charge < -0.3 is 0 Å². The number of hydrogen-bond donors (Lipinski definition) is 0. The zero-order valence-corrected chi connectivity index (χ0v) is 10.1. The van der Waals surface area contributed by atoms with E-state index in [-0.39, 0.29) is 0 Å². The Bertz CT molecular complexity index is 531. The number of hydrogen-bond acceptors (Lipinski definition) is 3. The molecule has 5 heteroatoms. The highest BCUT2D eigenvalue weighted by Crippen LogP contribution is 2.27. The van der Waals surface area contributed by atoms with Gasteiger partial charge in [-0.25, -0.2) is 9.67 Å². The van der Waals surface area contributed by atoms with Crippen molar-refractivity contribution in [3.8, 4) is 5.82 Å². The topological polar surface area (TPSA) is 43.6 Å². The molecule has 0 atom stereocenters. The summed E-state index contributed by atoms with van der Waals surface area (Å²) in [4.78, 5) is 3.78. The smallest absolute Gasteiger partial charge is 0.202 e. The molecule has 1 aliphatic rings. The van der Waals surface area contributed by atoms with Gasteiger partial charge in [0.25, 0.3) is 0 Å². The maximum Gasteiger partial charge on any atom is 0.214 e. The second-order valence-corrected chi connectivity index (χ2v) is 4.83. The van der Waals surface area contributed by atoms with E-state index in [1.54, 1.807) is 12.1 Å². The first-order valence-corrected chi connectivity index (χ1v) is 6.35. The Kier molecular flexibility index (Phi) is 3.04. The van der Waals surface area contributed by atoms with Gasteiger partial charge in [0.15, 0.2) is 5.82 Å². The van der Waals surface area contributed by atoms with E-state index >= 15 is 0 Å². The first kappa shape index (κ1) is 11.3. The largest absolute Gasteiger partial charge is 0.214 e. The Morgan fingerprint density at radius 3 is 2.89 bits per heavy atom. The van der Waals surface area contributed by atoms with Crippen LogP contribution in [0.1, 0.15) is 31.4 Å². The minimum absolute atomic E-state index is 0.472. The summed E-state index contributed by atoms with van der Waals surface area (Å²) in [5.41, 5.74) is 0.966. The summed E-state index contributed by atoms with van der Waals surface area (Å²) in [6.45, 7) is 0. The van der Waals surface area contributed by atoms with Gasteiger partial charge in [-0.3, -0.25) is 0 Å². The molecule has 94 valence electrons. The van der Waals surface area contributed by atoms with Crippen molar-refractivity contribution >= 4 is 0 Å². The van der Waals surface area contributed by atoms with Crippen molar-refractivity contribution in [3.63, 3.8) is 0 Å². The summed E-state index contributed by atoms with van der Waals surface area (Å²) >= 11 is 0. The van der Waals surface area contributed by atoms with Gasteiger partial charge in [-0.05, 0) is 24.5 Å². The van der Waals surface area contributed by atoms with Gasteiger partial charge in [0.2, 0.25) is 5.95 Å². The van der Waals surface area contributed by atoms with Crippen LogP contribution in [0.4, 0.5) is 4.39 Å². The van der Waals surface area contributed by atoms with Crippen molar-refractivity contribution in [1.29, 1.82) is 0 Å². The Hall–Kier alpha value is -1.78. The molecule has 0 radical (unpaired) electrons. The molecule has 2 heterocycles. The molecule has 1 saturated carbocycles. The van der Waals surface area contributed by atoms with Crippen LogP contribution in [0, 0.1) is 11.9 Å². The predicted molar refractivity (Wildman–Crippen MR) is 64.8 cm³/mol. The first-order valence-electron chi connectivity index (χ1n) is 6.35. The van der Waals surface area contributed by atoms with Crippen molar-refractivity contribution in [2.45, 2.75) is 32.1 Å². The molecule has 18 heavy (non-hydrogen) atoms. The minimum Gasteiger partial charge on any atom is -0.202 e. The van der Waals surface area contributed by atoms with Crippen molar-refractivity contribution in [2.75, 3.05) is 0 Å². The highest BCUT2D eigenvalue weighted by molar-refractivity contribution is 5.20. The van der Waals surface area contributed by atoms with Gasteiger partial charge in [0.05, 0.1) is 11.9 Å². The molecule has 0 amide bonds. The Morgan fingerprint density at radius 1 is 1.28 bits per heavy atom. The number of nitrogens with zero attached hydrogens (tertiary/aromatic N) is 4. The summed E-state index contributed by atoms with van der Waals surface area (Å²) in [5.74, 6) is 0.705. The van der Waals surface area contributed by atoms with Gasteiger partial charge in [-0.1, -0.05) is 37.0 Å². The quantitative estimate of drug-likeness (QED) is 0.782. The lowest BCUT2D eigenvalue weighted by molar-refractivity contribution is 0.538. The lowest BCUT2D eigenvalue weighted by atomic mass is 10.0. The molecule has 1 aliphatic carbocycles. The zero-order chi connectivity index (χ0) is 12.4. The number of halogens is 1. The van der Waals surface area contributed by atoms with E-state index in [0.717, 1.165) is 18.0 Å². The van der Waals surface area contributed by atoms with Gasteiger partial charge >= 0.3 is 0 Å². The van der Waals surface area contributed by atoms with Crippen LogP contribution in [0.5, 0.6) is 0 Å². The van der Waals surface area contributed by atoms with Crippen LogP contribution < -0.4 is 0 Å². The molecule has 2 aromatic heterocycles. The van der Waals surface area contributed by atoms with Crippen molar-refractivity contribution < 1.29 is 4.39 Å². The van der Waals surface area contributed by atoms with Crippen LogP contribution in [-0.4, -0.2) is 20.0 Å². The van der Waals surface area contributed by atoms with E-state index in [2.05, 4.69) is 15.3 Å². The van der Waals surface area contributed by atoms with Crippen LogP contribution in [0.25, 0.3) is 5.82 Å². The molecule has 0 N–H and O–H groups in total. The van der Waals surface area contributed by atoms with E-state index < -0.39 is 5.95 Å². The SMILES string of the molecule is Fc1cccc(-n2cc(CC3CCCC3)nn2)n1. The van der Waals surface area contributed by atoms with Crippen molar-refractivity contribution in [2.24, 2.45) is 5.92 Å². The van der Waals surface area contributed by atoms with Gasteiger partial charge in [-0.2, -0.15) is 4.39 Å². The van der Waals surface area contributed by atoms with E-state index in [4.69, 9.17) is 0 Å². The van der Waals surface area contributed by atoms with Crippen LogP contribution in [0.2, 0.25) is 0 Å². The molecule has 0 aromatic carbocycles. The van der Waals surface area contributed by atoms with Crippen LogP contribution in [0.15, 0.2) is 24.4 Å². The Balaban J connectivity index is 1.76. The van der Waals surface area contributed by atoms with E-state index in [0.29, 0.717) is 5.82 Å². The zero-order valence-electron chi connectivity index (χ0n) is 10.1. The van der Waals surface area contributed by atoms with Crippen molar-refractivity contribution in [3.05, 3.63) is 36.0 Å². The number of rotatable bonds is 3. The molecule has 0 aliphatic heterocycles. The third-order valence-electron chi connectivity index (χ3n) is 3.45. The molecule has 4 nitrogen and oxygen atoms in total. The summed E-state index contributed by atoms with van der Waals surface area (Å²) in [6.07, 6.45) is 8.03. The molecule has 0 spiro atoms. The molecule has 0 bridgehead atoms. The molecular weight excluding hydrogens is 231 g/mol. The number of aromatic nitrogens is 4. The summed E-state index contributed by atoms with van der Waals surface area (Å²) in [5, 5.41) is 8.14. The molecule has 2 aromatic rings. The van der Waals surface area contributed by atoms with E-state index in [1.165, 1.54) is 36.4 Å². The second-order valence-electron chi connectivity index (χ2n) is 4.83. The standard InChI is InChI=1S/C13H15FN4/c14-12-6-3-7-13(15-12)18-9-11(16-17-18)8-10-4-1-2-5-10/h3,6-7,9-10H,1-2,4-5,8H2. The fourth-order valence-electron chi connectivity index (χ4n) is 2.54. The van der Waals surface area contributed by atoms with Crippen LogP contribution in [0.3, 0.4) is 0 Å². The Labute approximate surface area is 105 Å². The maximum absolute atomic E-state index is 13.0. The molecule has 0 unspecified atom stereocenters. The maximum atomic E-state index is 13.0. The van der Waals surface area contributed by atoms with Gasteiger partial charge in [0, 0.05) is 0 Å². The summed E-state index contributed by atoms with van der Waals surface area (Å²) in [7, 11) is 0. The fraction of sp³-hybridized carbons (Fsp3) is 0.462. The minimum atomic E-state index is -0.500. The summed E-state index contributed by atoms with van der Waals surface area (Å²) in [6, 6.07) is 4.66. The third kappa shape index (κ3) is 2.39. The first-order chi connectivity index (χ1) is 8.81. The normalized spacial score (nSPS) is 16.3. The monoisotopic (exact) mass is 246 g/mol. The third-order valence-corrected chi connectivity index (χ3v) is 3.45. The lowest BCUT2D eigenvalue weighted by Gasteiger charge is -2.04. The molecule has 3 rings (SSSR count). The number of pyridine rings is 1. The van der Waals surface area contributed by atoms with Crippen LogP contribution in [-0.2, 0) is 6.42 Å². The molecule has 1 fully saturated rings. The van der Waals surface area contributed by atoms with E-state index in [9.17, 15) is 4.39 Å². The second kappa shape index (κ2) is 4.84.